The van der Waals surface area contributed by atoms with Crippen LogP contribution in [0.3, 0.4) is 0 Å². The van der Waals surface area contributed by atoms with E-state index in [1.807, 2.05) is 18.2 Å². The first-order chi connectivity index (χ1) is 6.77. The van der Waals surface area contributed by atoms with Gasteiger partial charge in [-0.3, -0.25) is 4.98 Å². The Kier molecular flexibility index (Phi) is 2.46. The van der Waals surface area contributed by atoms with Gasteiger partial charge in [-0.2, -0.15) is 0 Å². The van der Waals surface area contributed by atoms with Crippen LogP contribution in [0.25, 0.3) is 11.3 Å². The van der Waals surface area contributed by atoms with Crippen molar-refractivity contribution < 1.29 is 4.39 Å². The van der Waals surface area contributed by atoms with Gasteiger partial charge in [-0.05, 0) is 30.3 Å². The topological polar surface area (TPSA) is 12.9 Å². The van der Waals surface area contributed by atoms with Gasteiger partial charge in [0.25, 0.3) is 0 Å². The Hall–Kier alpha value is -1.41. The summed E-state index contributed by atoms with van der Waals surface area (Å²) in [5, 5.41) is 0.119. The van der Waals surface area contributed by atoms with Gasteiger partial charge in [0, 0.05) is 11.8 Å². The van der Waals surface area contributed by atoms with Gasteiger partial charge in [-0.1, -0.05) is 17.7 Å². The van der Waals surface area contributed by atoms with Gasteiger partial charge >= 0.3 is 0 Å². The average molecular weight is 208 g/mol. The first-order valence-electron chi connectivity index (χ1n) is 4.14. The van der Waals surface area contributed by atoms with E-state index in [-0.39, 0.29) is 5.02 Å². The Morgan fingerprint density at radius 3 is 2.64 bits per heavy atom. The van der Waals surface area contributed by atoms with E-state index in [4.69, 9.17) is 11.6 Å². The Morgan fingerprint density at radius 2 is 2.00 bits per heavy atom. The maximum Gasteiger partial charge on any atom is 0.141 e. The Labute approximate surface area is 86.2 Å². The molecule has 0 aliphatic heterocycles. The monoisotopic (exact) mass is 207 g/mol. The van der Waals surface area contributed by atoms with Crippen LogP contribution in [-0.4, -0.2) is 4.98 Å². The third-order valence-corrected chi connectivity index (χ3v) is 2.17. The smallest absolute Gasteiger partial charge is 0.141 e. The molecule has 0 fully saturated rings. The minimum atomic E-state index is -0.411. The van der Waals surface area contributed by atoms with Gasteiger partial charge < -0.3 is 0 Å². The molecule has 1 aromatic heterocycles. The quantitative estimate of drug-likeness (QED) is 0.697. The van der Waals surface area contributed by atoms with E-state index in [0.29, 0.717) is 0 Å². The van der Waals surface area contributed by atoms with E-state index in [9.17, 15) is 4.39 Å². The third kappa shape index (κ3) is 1.75. The van der Waals surface area contributed by atoms with Gasteiger partial charge in [0.15, 0.2) is 0 Å². The van der Waals surface area contributed by atoms with Crippen molar-refractivity contribution in [3.05, 3.63) is 53.4 Å². The summed E-state index contributed by atoms with van der Waals surface area (Å²) in [7, 11) is 0. The molecular weight excluding hydrogens is 201 g/mol. The molecule has 0 N–H and O–H groups in total. The molecule has 0 radical (unpaired) electrons. The number of hydrogen-bond donors (Lipinski definition) is 0. The number of aromatic nitrogens is 1. The summed E-state index contributed by atoms with van der Waals surface area (Å²) in [5.41, 5.74) is 1.60. The van der Waals surface area contributed by atoms with Crippen molar-refractivity contribution in [2.45, 2.75) is 0 Å². The minimum absolute atomic E-state index is 0.119. The molecule has 2 rings (SSSR count). The number of hydrogen-bond acceptors (Lipinski definition) is 1. The molecule has 3 heteroatoms. The predicted molar refractivity (Wildman–Crippen MR) is 54.6 cm³/mol. The number of pyridine rings is 1. The molecule has 1 heterocycles. The lowest BCUT2D eigenvalue weighted by Gasteiger charge is -2.00. The van der Waals surface area contributed by atoms with Crippen molar-refractivity contribution in [2.75, 3.05) is 0 Å². The van der Waals surface area contributed by atoms with E-state index in [1.54, 1.807) is 18.3 Å². The number of rotatable bonds is 1. The molecule has 2 aromatic rings. The lowest BCUT2D eigenvalue weighted by Crippen LogP contribution is -1.83. The Morgan fingerprint density at radius 1 is 1.14 bits per heavy atom. The fourth-order valence-electron chi connectivity index (χ4n) is 1.19. The van der Waals surface area contributed by atoms with E-state index < -0.39 is 5.82 Å². The molecule has 0 unspecified atom stereocenters. The van der Waals surface area contributed by atoms with Crippen LogP contribution in [0.15, 0.2) is 42.6 Å². The van der Waals surface area contributed by atoms with Crippen molar-refractivity contribution in [2.24, 2.45) is 0 Å². The van der Waals surface area contributed by atoms with Crippen molar-refractivity contribution in [1.82, 2.24) is 4.98 Å². The fraction of sp³-hybridized carbons (Fsp3) is 0. The second-order valence-corrected chi connectivity index (χ2v) is 3.25. The molecule has 0 atom stereocenters. The average Bonchev–Trinajstić information content (AvgIpc) is 2.23. The molecule has 0 amide bonds. The molecule has 0 bridgehead atoms. The molecule has 14 heavy (non-hydrogen) atoms. The van der Waals surface area contributed by atoms with Crippen molar-refractivity contribution in [1.29, 1.82) is 0 Å². The highest BCUT2D eigenvalue weighted by atomic mass is 35.5. The molecule has 0 spiro atoms. The van der Waals surface area contributed by atoms with Crippen LogP contribution in [0.4, 0.5) is 4.39 Å². The SMILES string of the molecule is Fc1ccc(-c2ccccn2)cc1Cl. The van der Waals surface area contributed by atoms with E-state index in [2.05, 4.69) is 4.98 Å². The van der Waals surface area contributed by atoms with Gasteiger partial charge in [0.1, 0.15) is 5.82 Å². The highest BCUT2D eigenvalue weighted by molar-refractivity contribution is 6.31. The molecule has 0 aliphatic rings. The molecule has 1 aromatic carbocycles. The zero-order valence-electron chi connectivity index (χ0n) is 7.24. The zero-order chi connectivity index (χ0) is 9.97. The lowest BCUT2D eigenvalue weighted by atomic mass is 10.1. The molecule has 70 valence electrons. The first kappa shape index (κ1) is 9.16. The summed E-state index contributed by atoms with van der Waals surface area (Å²) in [5.74, 6) is -0.411. The van der Waals surface area contributed by atoms with Crippen LogP contribution in [0.1, 0.15) is 0 Å². The Balaban J connectivity index is 2.48. The third-order valence-electron chi connectivity index (χ3n) is 1.88. The molecule has 0 saturated carbocycles. The molecule has 0 aliphatic carbocycles. The molecular formula is C11H7ClFN. The normalized spacial score (nSPS) is 10.1. The minimum Gasteiger partial charge on any atom is -0.256 e. The summed E-state index contributed by atoms with van der Waals surface area (Å²) in [6.45, 7) is 0. The van der Waals surface area contributed by atoms with Crippen LogP contribution >= 0.6 is 11.6 Å². The van der Waals surface area contributed by atoms with Crippen LogP contribution in [0.5, 0.6) is 0 Å². The van der Waals surface area contributed by atoms with Gasteiger partial charge in [-0.25, -0.2) is 4.39 Å². The van der Waals surface area contributed by atoms with Gasteiger partial charge in [0.05, 0.1) is 10.7 Å². The maximum absolute atomic E-state index is 12.9. The molecule has 1 nitrogen and oxygen atoms in total. The van der Waals surface area contributed by atoms with Crippen LogP contribution < -0.4 is 0 Å². The number of halogens is 2. The van der Waals surface area contributed by atoms with Gasteiger partial charge in [-0.15, -0.1) is 0 Å². The van der Waals surface area contributed by atoms with Crippen LogP contribution in [0.2, 0.25) is 5.02 Å². The summed E-state index contributed by atoms with van der Waals surface area (Å²) >= 11 is 5.66. The van der Waals surface area contributed by atoms with Crippen LogP contribution in [0, 0.1) is 5.82 Å². The number of benzene rings is 1. The Bertz CT molecular complexity index is 442. The maximum atomic E-state index is 12.9. The summed E-state index contributed by atoms with van der Waals surface area (Å²) in [6, 6.07) is 10.1. The summed E-state index contributed by atoms with van der Waals surface area (Å²) < 4.78 is 12.9. The molecule has 0 saturated heterocycles. The zero-order valence-corrected chi connectivity index (χ0v) is 8.00. The van der Waals surface area contributed by atoms with Crippen LogP contribution in [-0.2, 0) is 0 Å². The van der Waals surface area contributed by atoms with E-state index in [1.165, 1.54) is 6.07 Å². The summed E-state index contributed by atoms with van der Waals surface area (Å²) in [6.07, 6.45) is 1.69. The van der Waals surface area contributed by atoms with E-state index in [0.717, 1.165) is 11.3 Å². The van der Waals surface area contributed by atoms with Crippen molar-refractivity contribution >= 4 is 11.6 Å². The highest BCUT2D eigenvalue weighted by Crippen LogP contribution is 2.22. The first-order valence-corrected chi connectivity index (χ1v) is 4.51. The number of nitrogens with zero attached hydrogens (tertiary/aromatic N) is 1. The predicted octanol–water partition coefficient (Wildman–Crippen LogP) is 3.54. The largest absolute Gasteiger partial charge is 0.256 e. The highest BCUT2D eigenvalue weighted by Gasteiger charge is 2.02. The van der Waals surface area contributed by atoms with E-state index >= 15 is 0 Å². The van der Waals surface area contributed by atoms with Crippen molar-refractivity contribution in [3.63, 3.8) is 0 Å². The van der Waals surface area contributed by atoms with Gasteiger partial charge in [0.2, 0.25) is 0 Å². The second kappa shape index (κ2) is 3.76. The standard InChI is InChI=1S/C11H7ClFN/c12-9-7-8(4-5-10(9)13)11-3-1-2-6-14-11/h1-7H. The van der Waals surface area contributed by atoms with Crippen molar-refractivity contribution in [3.8, 4) is 11.3 Å². The second-order valence-electron chi connectivity index (χ2n) is 2.84. The summed E-state index contributed by atoms with van der Waals surface area (Å²) in [4.78, 5) is 4.14. The fourth-order valence-corrected chi connectivity index (χ4v) is 1.37. The lowest BCUT2D eigenvalue weighted by molar-refractivity contribution is 0.628.